The minimum Gasteiger partial charge on any atom is -0.549 e. The van der Waals surface area contributed by atoms with Crippen LogP contribution in [0.2, 0.25) is 0 Å². The monoisotopic (exact) mass is 358 g/mol. The molecule has 0 spiro atoms. The molecule has 0 radical (unpaired) electrons. The first kappa shape index (κ1) is 29.9. The average Bonchev–Trinajstić information content (AvgIpc) is 2.47. The standard InChI is InChI=1S/C18H34O4.K.Li/c1-3-5-6-7-8-9-10-11-12-13-15-18(14-4-2,16(19)20)17(21)22;;/h3-15H2,1-2H3,(H,19,20)(H,21,22);;/q;2*+1/p-2. The molecular weight excluding hydrogens is 326 g/mol. The summed E-state index contributed by atoms with van der Waals surface area (Å²) in [5, 5.41) is 22.4. The van der Waals surface area contributed by atoms with Crippen LogP contribution in [0.4, 0.5) is 0 Å². The number of rotatable bonds is 15. The first-order valence-electron chi connectivity index (χ1n) is 8.94. The Balaban J connectivity index is -0.00000220. The van der Waals surface area contributed by atoms with Crippen molar-refractivity contribution >= 4 is 11.9 Å². The maximum Gasteiger partial charge on any atom is 1.00 e. The summed E-state index contributed by atoms with van der Waals surface area (Å²) in [6.07, 6.45) is 12.0. The van der Waals surface area contributed by atoms with Crippen molar-refractivity contribution in [2.75, 3.05) is 0 Å². The van der Waals surface area contributed by atoms with Crippen LogP contribution < -0.4 is 80.5 Å². The quantitative estimate of drug-likeness (QED) is 0.174. The van der Waals surface area contributed by atoms with Crippen LogP contribution in [0.1, 0.15) is 97.3 Å². The van der Waals surface area contributed by atoms with Crippen molar-refractivity contribution in [2.24, 2.45) is 5.41 Å². The van der Waals surface area contributed by atoms with Gasteiger partial charge in [-0.25, -0.2) is 0 Å². The Kier molecular flexibility index (Phi) is 23.6. The van der Waals surface area contributed by atoms with Gasteiger partial charge in [-0.15, -0.1) is 0 Å². The van der Waals surface area contributed by atoms with Crippen LogP contribution in [0.5, 0.6) is 0 Å². The molecule has 0 heterocycles. The molecule has 130 valence electrons. The maximum atomic E-state index is 11.2. The minimum atomic E-state index is -1.80. The number of carbonyl (C=O) groups excluding carboxylic acids is 2. The zero-order valence-electron chi connectivity index (χ0n) is 16.3. The molecule has 24 heavy (non-hydrogen) atoms. The van der Waals surface area contributed by atoms with Crippen molar-refractivity contribution < 1.29 is 90.0 Å². The molecule has 4 nitrogen and oxygen atoms in total. The second-order valence-corrected chi connectivity index (χ2v) is 6.34. The van der Waals surface area contributed by atoms with Crippen LogP contribution in [0.3, 0.4) is 0 Å². The predicted molar refractivity (Wildman–Crippen MR) is 83.8 cm³/mol. The van der Waals surface area contributed by atoms with Gasteiger partial charge in [0.25, 0.3) is 0 Å². The molecule has 0 aromatic rings. The molecule has 0 atom stereocenters. The van der Waals surface area contributed by atoms with E-state index >= 15 is 0 Å². The normalized spacial score (nSPS) is 10.6. The molecule has 0 rings (SSSR count). The van der Waals surface area contributed by atoms with Crippen LogP contribution in [0.25, 0.3) is 0 Å². The van der Waals surface area contributed by atoms with E-state index in [1.165, 1.54) is 38.5 Å². The fourth-order valence-electron chi connectivity index (χ4n) is 2.96. The van der Waals surface area contributed by atoms with Gasteiger partial charge in [0.2, 0.25) is 0 Å². The van der Waals surface area contributed by atoms with Crippen LogP contribution in [0, 0.1) is 5.41 Å². The predicted octanol–water partition coefficient (Wildman–Crippen LogP) is -3.41. The van der Waals surface area contributed by atoms with E-state index in [0.717, 1.165) is 19.3 Å². The number of carbonyl (C=O) groups is 2. The topological polar surface area (TPSA) is 80.3 Å². The van der Waals surface area contributed by atoms with Crippen LogP contribution in [-0.4, -0.2) is 11.9 Å². The van der Waals surface area contributed by atoms with Crippen molar-refractivity contribution in [2.45, 2.75) is 97.3 Å². The Morgan fingerprint density at radius 1 is 0.667 bits per heavy atom. The first-order chi connectivity index (χ1) is 10.5. The van der Waals surface area contributed by atoms with Gasteiger partial charge in [0.05, 0.1) is 11.9 Å². The smallest absolute Gasteiger partial charge is 0.549 e. The maximum absolute atomic E-state index is 11.2. The fraction of sp³-hybridized carbons (Fsp3) is 0.889. The summed E-state index contributed by atoms with van der Waals surface area (Å²) in [4.78, 5) is 22.4. The summed E-state index contributed by atoms with van der Waals surface area (Å²) in [6.45, 7) is 3.98. The minimum absolute atomic E-state index is 0. The molecule has 0 unspecified atom stereocenters. The third-order valence-electron chi connectivity index (χ3n) is 4.42. The second kappa shape index (κ2) is 18.9. The zero-order chi connectivity index (χ0) is 16.8. The average molecular weight is 358 g/mol. The van der Waals surface area contributed by atoms with Crippen molar-refractivity contribution in [1.29, 1.82) is 0 Å². The third kappa shape index (κ3) is 12.5. The van der Waals surface area contributed by atoms with E-state index in [0.29, 0.717) is 12.8 Å². The molecule has 0 N–H and O–H groups in total. The molecule has 0 saturated heterocycles. The van der Waals surface area contributed by atoms with E-state index in [9.17, 15) is 19.8 Å². The Bertz CT molecular complexity index is 310. The fourth-order valence-corrected chi connectivity index (χ4v) is 2.96. The van der Waals surface area contributed by atoms with Crippen LogP contribution >= 0.6 is 0 Å². The summed E-state index contributed by atoms with van der Waals surface area (Å²) in [6, 6.07) is 0. The number of carboxylic acids is 2. The first-order valence-corrected chi connectivity index (χ1v) is 8.94. The molecule has 0 aliphatic heterocycles. The largest absolute Gasteiger partial charge is 1.00 e. The second-order valence-electron chi connectivity index (χ2n) is 6.34. The van der Waals surface area contributed by atoms with Gasteiger partial charge in [0.1, 0.15) is 0 Å². The molecule has 0 aromatic heterocycles. The van der Waals surface area contributed by atoms with Gasteiger partial charge < -0.3 is 19.8 Å². The van der Waals surface area contributed by atoms with Gasteiger partial charge in [0.15, 0.2) is 0 Å². The number of carboxylic acid groups (broad SMARTS) is 2. The molecular formula is C18H32KLiO4. The van der Waals surface area contributed by atoms with Gasteiger partial charge in [-0.2, -0.15) is 0 Å². The van der Waals surface area contributed by atoms with Gasteiger partial charge in [0, 0.05) is 5.41 Å². The van der Waals surface area contributed by atoms with Gasteiger partial charge in [-0.1, -0.05) is 84.5 Å². The van der Waals surface area contributed by atoms with E-state index in [1.54, 1.807) is 6.92 Å². The molecule has 0 aromatic carbocycles. The Morgan fingerprint density at radius 2 is 1.04 bits per heavy atom. The zero-order valence-corrected chi connectivity index (χ0v) is 19.4. The Morgan fingerprint density at radius 3 is 1.38 bits per heavy atom. The Hall–Kier alpha value is 1.17. The number of hydrogen-bond acceptors (Lipinski definition) is 4. The summed E-state index contributed by atoms with van der Waals surface area (Å²) in [5.41, 5.74) is -1.80. The summed E-state index contributed by atoms with van der Waals surface area (Å²) >= 11 is 0. The van der Waals surface area contributed by atoms with Crippen molar-refractivity contribution in [3.05, 3.63) is 0 Å². The molecule has 0 fully saturated rings. The van der Waals surface area contributed by atoms with E-state index in [-0.39, 0.29) is 83.1 Å². The van der Waals surface area contributed by atoms with Gasteiger partial charge in [-0.05, 0) is 12.8 Å². The molecule has 0 aliphatic rings. The number of aliphatic carboxylic acids is 2. The SMILES string of the molecule is CCCCCCCCCCCCC(CCC)(C(=O)[O-])C(=O)[O-].[K+].[Li+]. The van der Waals surface area contributed by atoms with Crippen molar-refractivity contribution in [3.63, 3.8) is 0 Å². The van der Waals surface area contributed by atoms with Gasteiger partial charge in [-0.3, -0.25) is 0 Å². The molecule has 0 amide bonds. The van der Waals surface area contributed by atoms with Crippen LogP contribution in [0.15, 0.2) is 0 Å². The van der Waals surface area contributed by atoms with E-state index in [4.69, 9.17) is 0 Å². The number of hydrogen-bond donors (Lipinski definition) is 0. The van der Waals surface area contributed by atoms with Crippen molar-refractivity contribution in [3.8, 4) is 0 Å². The molecule has 0 saturated carbocycles. The van der Waals surface area contributed by atoms with E-state index < -0.39 is 17.4 Å². The molecule has 0 aliphatic carbocycles. The molecule has 6 heteroatoms. The molecule has 0 bridgehead atoms. The van der Waals surface area contributed by atoms with E-state index in [1.807, 2.05) is 0 Å². The van der Waals surface area contributed by atoms with Crippen molar-refractivity contribution in [1.82, 2.24) is 0 Å². The summed E-state index contributed by atoms with van der Waals surface area (Å²) in [7, 11) is 0. The Labute approximate surface area is 202 Å². The van der Waals surface area contributed by atoms with Crippen LogP contribution in [-0.2, 0) is 9.59 Å². The summed E-state index contributed by atoms with van der Waals surface area (Å²) < 4.78 is 0. The van der Waals surface area contributed by atoms with Gasteiger partial charge >= 0.3 is 70.2 Å². The third-order valence-corrected chi connectivity index (χ3v) is 4.42. The number of unbranched alkanes of at least 4 members (excludes halogenated alkanes) is 9. The summed E-state index contributed by atoms with van der Waals surface area (Å²) in [5.74, 6) is -2.99. The van der Waals surface area contributed by atoms with E-state index in [2.05, 4.69) is 6.92 Å².